The van der Waals surface area contributed by atoms with Crippen molar-refractivity contribution in [1.82, 2.24) is 0 Å². The number of thiocarbonyl (C=S) groups is 3. The van der Waals surface area contributed by atoms with Gasteiger partial charge in [-0.3, -0.25) is 0 Å². The van der Waals surface area contributed by atoms with Gasteiger partial charge in [-0.1, -0.05) is 65.3 Å². The number of unbranched alkanes of at least 4 members (excludes halogenated alkanes) is 3. The molecule has 0 radical (unpaired) electrons. The summed E-state index contributed by atoms with van der Waals surface area (Å²) in [4.78, 5) is 0. The summed E-state index contributed by atoms with van der Waals surface area (Å²) >= 11 is 25.7. The van der Waals surface area contributed by atoms with Crippen LogP contribution in [0.3, 0.4) is 0 Å². The van der Waals surface area contributed by atoms with Gasteiger partial charge >= 0.3 is 29.6 Å². The Morgan fingerprint density at radius 3 is 1.19 bits per heavy atom. The Balaban J connectivity index is -0.0000000817. The minimum absolute atomic E-state index is 0. The van der Waals surface area contributed by atoms with Gasteiger partial charge in [0.25, 0.3) is 0 Å². The molecule has 26 heavy (non-hydrogen) atoms. The standard InChI is InChI=1S/3C5H10OS2.Na.H2S/c3*1-2-3-4-6-5(7)8;;/h3*2-4H2,1H3,(H,7,8);;1H2/q;;;+1;/p-1. The van der Waals surface area contributed by atoms with Gasteiger partial charge in [0.1, 0.15) is 0 Å². The molecule has 11 heteroatoms. The summed E-state index contributed by atoms with van der Waals surface area (Å²) in [5.74, 6) is 0. The van der Waals surface area contributed by atoms with E-state index in [0.717, 1.165) is 38.5 Å². The molecule has 0 heterocycles. The molecule has 0 bridgehead atoms. The molecule has 0 aromatic carbocycles. The average Bonchev–Trinajstić information content (AvgIpc) is 2.48. The zero-order valence-electron chi connectivity index (χ0n) is 16.1. The topological polar surface area (TPSA) is 27.7 Å². The predicted octanol–water partition coefficient (Wildman–Crippen LogP) is 2.79. The number of rotatable bonds is 9. The molecule has 0 aliphatic carbocycles. The molecular weight excluding hydrogens is 476 g/mol. The maximum atomic E-state index is 4.88. The fraction of sp³-hybridized carbons (Fsp3) is 0.800. The van der Waals surface area contributed by atoms with E-state index in [1.807, 2.05) is 0 Å². The largest absolute Gasteiger partial charge is 1.00 e. The Labute approximate surface area is 221 Å². The molecular formula is C15H31NaO3S7. The fourth-order valence-corrected chi connectivity index (χ4v) is 1.42. The molecule has 0 atom stereocenters. The molecule has 0 spiro atoms. The maximum absolute atomic E-state index is 4.88. The molecule has 0 N–H and O–H groups in total. The molecule has 0 aliphatic rings. The Kier molecular flexibility index (Phi) is 51.1. The van der Waals surface area contributed by atoms with Gasteiger partial charge in [0.2, 0.25) is 8.77 Å². The number of ether oxygens (including phenoxy) is 3. The van der Waals surface area contributed by atoms with E-state index in [1.165, 1.54) is 0 Å². The van der Waals surface area contributed by atoms with Crippen molar-refractivity contribution in [2.75, 3.05) is 19.8 Å². The first kappa shape index (κ1) is 38.5. The van der Waals surface area contributed by atoms with E-state index in [1.54, 1.807) is 0 Å². The van der Waals surface area contributed by atoms with E-state index in [0.29, 0.717) is 28.6 Å². The minimum atomic E-state index is 0. The Hall–Kier alpha value is 1.94. The van der Waals surface area contributed by atoms with Crippen molar-refractivity contribution >= 4 is 101 Å². The third-order valence-electron chi connectivity index (χ3n) is 2.16. The summed E-state index contributed by atoms with van der Waals surface area (Å²) in [5.41, 5.74) is 0. The molecule has 0 amide bonds. The second-order valence-corrected chi connectivity index (χ2v) is 7.55. The van der Waals surface area contributed by atoms with Crippen LogP contribution in [0.2, 0.25) is 0 Å². The first-order chi connectivity index (χ1) is 11.3. The fourth-order valence-electron chi connectivity index (χ4n) is 0.907. The van der Waals surface area contributed by atoms with Crippen molar-refractivity contribution in [1.29, 1.82) is 0 Å². The number of thiol groups is 2. The van der Waals surface area contributed by atoms with Crippen molar-refractivity contribution in [2.45, 2.75) is 59.3 Å². The monoisotopic (exact) mass is 506 g/mol. The predicted molar refractivity (Wildman–Crippen MR) is 136 cm³/mol. The normalized spacial score (nSPS) is 8.04. The van der Waals surface area contributed by atoms with Crippen LogP contribution in [0.1, 0.15) is 59.3 Å². The second-order valence-electron chi connectivity index (χ2n) is 4.39. The summed E-state index contributed by atoms with van der Waals surface area (Å²) in [6, 6.07) is 0. The average molecular weight is 507 g/mol. The van der Waals surface area contributed by atoms with E-state index in [2.05, 4.69) is 95.3 Å². The first-order valence-electron chi connectivity index (χ1n) is 7.86. The summed E-state index contributed by atoms with van der Waals surface area (Å²) in [5, 5.41) is 0. The van der Waals surface area contributed by atoms with Crippen LogP contribution in [0.5, 0.6) is 0 Å². The van der Waals surface area contributed by atoms with Crippen LogP contribution in [-0.4, -0.2) is 33.0 Å². The third kappa shape index (κ3) is 56.2. The molecule has 0 unspecified atom stereocenters. The zero-order valence-corrected chi connectivity index (χ0v) is 24.2. The quantitative estimate of drug-likeness (QED) is 0.163. The van der Waals surface area contributed by atoms with Gasteiger partial charge in [0.15, 0.2) is 0 Å². The number of hydrogen-bond acceptors (Lipinski definition) is 7. The summed E-state index contributed by atoms with van der Waals surface area (Å²) in [6.45, 7) is 8.39. The van der Waals surface area contributed by atoms with Gasteiger partial charge in [-0.05, 0) is 43.7 Å². The molecule has 0 fully saturated rings. The van der Waals surface area contributed by atoms with Crippen LogP contribution in [0.25, 0.3) is 0 Å². The minimum Gasteiger partial charge on any atom is -0.514 e. The van der Waals surface area contributed by atoms with Gasteiger partial charge in [-0.15, -0.1) is 0 Å². The van der Waals surface area contributed by atoms with Crippen molar-refractivity contribution in [3.63, 3.8) is 0 Å². The van der Waals surface area contributed by atoms with E-state index in [9.17, 15) is 0 Å². The summed E-state index contributed by atoms with van der Waals surface area (Å²) in [6.07, 6.45) is 6.54. The van der Waals surface area contributed by atoms with Crippen molar-refractivity contribution in [3.05, 3.63) is 0 Å². The van der Waals surface area contributed by atoms with Crippen LogP contribution in [0, 0.1) is 0 Å². The summed E-state index contributed by atoms with van der Waals surface area (Å²) in [7, 11) is 0. The van der Waals surface area contributed by atoms with Gasteiger partial charge in [-0.25, -0.2) is 0 Å². The zero-order chi connectivity index (χ0) is 19.2. The smallest absolute Gasteiger partial charge is 0.514 e. The molecule has 0 aliphatic heterocycles. The Bertz CT molecular complexity index is 274. The Morgan fingerprint density at radius 1 is 0.731 bits per heavy atom. The molecule has 0 saturated carbocycles. The van der Waals surface area contributed by atoms with Crippen LogP contribution in [-0.2, 0) is 26.8 Å². The second kappa shape index (κ2) is 34.4. The SMILES string of the molecule is CCCCOC(=S)S.CCCCOC(=S)S.CCCCOC(=S)[S-].S.[Na+]. The maximum Gasteiger partial charge on any atom is 1.00 e. The van der Waals surface area contributed by atoms with Gasteiger partial charge < -0.3 is 39.1 Å². The molecule has 3 nitrogen and oxygen atoms in total. The Morgan fingerprint density at radius 2 is 1.00 bits per heavy atom. The van der Waals surface area contributed by atoms with Crippen LogP contribution in [0.4, 0.5) is 0 Å². The van der Waals surface area contributed by atoms with Crippen molar-refractivity contribution in [3.8, 4) is 0 Å². The molecule has 0 saturated heterocycles. The van der Waals surface area contributed by atoms with E-state index >= 15 is 0 Å². The van der Waals surface area contributed by atoms with Gasteiger partial charge in [0.05, 0.1) is 19.8 Å². The van der Waals surface area contributed by atoms with Crippen molar-refractivity contribution in [2.24, 2.45) is 0 Å². The first-order valence-corrected chi connectivity index (χ1v) is 10.4. The molecule has 152 valence electrons. The van der Waals surface area contributed by atoms with Crippen molar-refractivity contribution < 1.29 is 43.8 Å². The van der Waals surface area contributed by atoms with Gasteiger partial charge in [0, 0.05) is 4.38 Å². The molecule has 0 aromatic heterocycles. The van der Waals surface area contributed by atoms with E-state index in [4.69, 9.17) is 14.2 Å². The molecule has 0 rings (SSSR count). The van der Waals surface area contributed by atoms with Crippen LogP contribution >= 0.6 is 75.4 Å². The third-order valence-corrected chi connectivity index (χ3v) is 2.89. The van der Waals surface area contributed by atoms with E-state index < -0.39 is 0 Å². The summed E-state index contributed by atoms with van der Waals surface area (Å²) < 4.78 is 15.5. The van der Waals surface area contributed by atoms with Gasteiger partial charge in [-0.2, -0.15) is 13.5 Å². The molecule has 0 aromatic rings. The van der Waals surface area contributed by atoms with Crippen LogP contribution in [0.15, 0.2) is 0 Å². The van der Waals surface area contributed by atoms with Crippen LogP contribution < -0.4 is 29.6 Å². The number of hydrogen-bond donors (Lipinski definition) is 2. The van der Waals surface area contributed by atoms with E-state index in [-0.39, 0.29) is 47.4 Å².